The predicted octanol–water partition coefficient (Wildman–Crippen LogP) is 3.98. The summed E-state index contributed by atoms with van der Waals surface area (Å²) in [7, 11) is 0. The molecule has 0 aliphatic carbocycles. The third-order valence-electron chi connectivity index (χ3n) is 4.22. The second kappa shape index (κ2) is 8.91. The lowest BCUT2D eigenvalue weighted by Crippen LogP contribution is -2.47. The lowest BCUT2D eigenvalue weighted by Gasteiger charge is -2.15. The van der Waals surface area contributed by atoms with Crippen LogP contribution in [0, 0.1) is 12.7 Å². The van der Waals surface area contributed by atoms with Gasteiger partial charge in [0.25, 0.3) is 11.8 Å². The zero-order valence-corrected chi connectivity index (χ0v) is 17.1. The van der Waals surface area contributed by atoms with Gasteiger partial charge in [-0.1, -0.05) is 0 Å². The van der Waals surface area contributed by atoms with Crippen LogP contribution < -0.4 is 20.3 Å². The van der Waals surface area contributed by atoms with Crippen molar-refractivity contribution in [3.63, 3.8) is 0 Å². The van der Waals surface area contributed by atoms with E-state index in [0.717, 1.165) is 4.70 Å². The minimum atomic E-state index is -0.828. The Labute approximate surface area is 171 Å². The molecule has 2 N–H and O–H groups in total. The average molecular weight is 416 g/mol. The fraction of sp³-hybridized carbons (Fsp3) is 0.238. The Morgan fingerprint density at radius 3 is 2.48 bits per heavy atom. The highest BCUT2D eigenvalue weighted by molar-refractivity contribution is 7.21. The van der Waals surface area contributed by atoms with Crippen molar-refractivity contribution in [3.05, 3.63) is 58.7 Å². The monoisotopic (exact) mass is 416 g/mol. The van der Waals surface area contributed by atoms with Crippen LogP contribution >= 0.6 is 11.3 Å². The molecule has 2 aromatic carbocycles. The molecule has 0 aliphatic heterocycles. The summed E-state index contributed by atoms with van der Waals surface area (Å²) in [6.07, 6.45) is -0.828. The summed E-state index contributed by atoms with van der Waals surface area (Å²) in [6, 6.07) is 11.3. The van der Waals surface area contributed by atoms with Gasteiger partial charge in [0.05, 0.1) is 11.5 Å². The molecule has 8 heteroatoms. The number of carbonyl (C=O) groups is 2. The van der Waals surface area contributed by atoms with Crippen molar-refractivity contribution in [1.82, 2.24) is 10.9 Å². The van der Waals surface area contributed by atoms with Crippen molar-refractivity contribution >= 4 is 33.2 Å². The molecule has 29 heavy (non-hydrogen) atoms. The molecule has 1 unspecified atom stereocenters. The van der Waals surface area contributed by atoms with Crippen LogP contribution in [-0.4, -0.2) is 24.5 Å². The summed E-state index contributed by atoms with van der Waals surface area (Å²) < 4.78 is 25.2. The number of amides is 2. The molecule has 1 aromatic heterocycles. The van der Waals surface area contributed by atoms with E-state index in [1.807, 2.05) is 6.92 Å². The Hall–Kier alpha value is -3.13. The Balaban J connectivity index is 1.58. The van der Waals surface area contributed by atoms with Gasteiger partial charge < -0.3 is 9.47 Å². The number of ether oxygens (including phenoxy) is 2. The largest absolute Gasteiger partial charge is 0.494 e. The van der Waals surface area contributed by atoms with E-state index in [1.165, 1.54) is 23.5 Å². The van der Waals surface area contributed by atoms with Gasteiger partial charge in [0, 0.05) is 4.70 Å². The number of fused-ring (bicyclic) bond motifs is 1. The minimum absolute atomic E-state index is 0.362. The van der Waals surface area contributed by atoms with Gasteiger partial charge in [-0.2, -0.15) is 0 Å². The number of aryl methyl sites for hydroxylation is 1. The Morgan fingerprint density at radius 2 is 1.79 bits per heavy atom. The molecule has 6 nitrogen and oxygen atoms in total. The van der Waals surface area contributed by atoms with Crippen molar-refractivity contribution in [2.24, 2.45) is 0 Å². The molecule has 0 saturated carbocycles. The van der Waals surface area contributed by atoms with Gasteiger partial charge in [-0.25, -0.2) is 4.39 Å². The lowest BCUT2D eigenvalue weighted by molar-refractivity contribution is -0.128. The molecule has 3 aromatic rings. The maximum absolute atomic E-state index is 13.4. The third kappa shape index (κ3) is 4.83. The smallest absolute Gasteiger partial charge is 0.280 e. The lowest BCUT2D eigenvalue weighted by atomic mass is 10.1. The number of hydrazine groups is 1. The van der Waals surface area contributed by atoms with Crippen molar-refractivity contribution in [1.29, 1.82) is 0 Å². The highest BCUT2D eigenvalue weighted by atomic mass is 32.1. The molecule has 2 amide bonds. The number of hydrogen-bond donors (Lipinski definition) is 2. The predicted molar refractivity (Wildman–Crippen MR) is 110 cm³/mol. The number of hydrogen-bond acceptors (Lipinski definition) is 5. The van der Waals surface area contributed by atoms with Crippen molar-refractivity contribution in [3.8, 4) is 11.5 Å². The topological polar surface area (TPSA) is 76.7 Å². The molecule has 0 bridgehead atoms. The minimum Gasteiger partial charge on any atom is -0.494 e. The fourth-order valence-corrected chi connectivity index (χ4v) is 3.81. The molecule has 152 valence electrons. The summed E-state index contributed by atoms with van der Waals surface area (Å²) in [6.45, 7) is 5.77. The molecule has 1 heterocycles. The number of benzene rings is 2. The molecule has 0 radical (unpaired) electrons. The molecule has 0 saturated heterocycles. The van der Waals surface area contributed by atoms with E-state index in [9.17, 15) is 14.0 Å². The van der Waals surface area contributed by atoms with E-state index in [0.29, 0.717) is 33.9 Å². The van der Waals surface area contributed by atoms with Crippen molar-refractivity contribution in [2.75, 3.05) is 6.61 Å². The highest BCUT2D eigenvalue weighted by Gasteiger charge is 2.19. The first-order valence-electron chi connectivity index (χ1n) is 9.07. The Bertz CT molecular complexity index is 1030. The maximum atomic E-state index is 13.4. The van der Waals surface area contributed by atoms with E-state index >= 15 is 0 Å². The number of nitrogens with one attached hydrogen (secondary N) is 2. The number of halogens is 1. The van der Waals surface area contributed by atoms with Crippen LogP contribution in [0.15, 0.2) is 42.5 Å². The summed E-state index contributed by atoms with van der Waals surface area (Å²) in [5.41, 5.74) is 5.41. The van der Waals surface area contributed by atoms with Crippen LogP contribution in [-0.2, 0) is 4.79 Å². The number of rotatable bonds is 6. The van der Waals surface area contributed by atoms with Crippen LogP contribution in [0.25, 0.3) is 10.1 Å². The van der Waals surface area contributed by atoms with E-state index in [1.54, 1.807) is 44.2 Å². The van der Waals surface area contributed by atoms with Crippen LogP contribution in [0.5, 0.6) is 11.5 Å². The van der Waals surface area contributed by atoms with Gasteiger partial charge in [-0.15, -0.1) is 11.3 Å². The molecule has 0 fully saturated rings. The summed E-state index contributed by atoms with van der Waals surface area (Å²) >= 11 is 1.24. The molecular weight excluding hydrogens is 395 g/mol. The van der Waals surface area contributed by atoms with Crippen molar-refractivity contribution < 1.29 is 23.5 Å². The number of thiophene rings is 1. The van der Waals surface area contributed by atoms with Gasteiger partial charge in [-0.05, 0) is 74.2 Å². The third-order valence-corrected chi connectivity index (χ3v) is 5.49. The van der Waals surface area contributed by atoms with Crippen LogP contribution in [0.4, 0.5) is 4.39 Å². The standard InChI is InChI=1S/C21H21FN2O4S/c1-4-27-15-6-8-16(9-7-15)28-13(3)20(25)23-24-21(26)19-12(2)17-11-14(22)5-10-18(17)29-19/h5-11,13H,4H2,1-3H3,(H,23,25)(H,24,26). The zero-order valence-electron chi connectivity index (χ0n) is 16.2. The average Bonchev–Trinajstić information content (AvgIpc) is 3.03. The summed E-state index contributed by atoms with van der Waals surface area (Å²) in [5, 5.41) is 0.679. The van der Waals surface area contributed by atoms with E-state index in [-0.39, 0.29) is 5.82 Å². The first-order valence-corrected chi connectivity index (χ1v) is 9.89. The fourth-order valence-electron chi connectivity index (χ4n) is 2.73. The van der Waals surface area contributed by atoms with E-state index in [4.69, 9.17) is 9.47 Å². The van der Waals surface area contributed by atoms with Gasteiger partial charge in [0.15, 0.2) is 6.10 Å². The summed E-state index contributed by atoms with van der Waals surface area (Å²) in [5.74, 6) is -0.116. The number of carbonyl (C=O) groups excluding carboxylic acids is 2. The van der Waals surface area contributed by atoms with Gasteiger partial charge in [0.1, 0.15) is 17.3 Å². The molecule has 0 spiro atoms. The quantitative estimate of drug-likeness (QED) is 0.596. The first kappa shape index (κ1) is 20.6. The summed E-state index contributed by atoms with van der Waals surface area (Å²) in [4.78, 5) is 25.1. The van der Waals surface area contributed by atoms with E-state index in [2.05, 4.69) is 10.9 Å². The second-order valence-electron chi connectivity index (χ2n) is 6.30. The van der Waals surface area contributed by atoms with Crippen LogP contribution in [0.3, 0.4) is 0 Å². The highest BCUT2D eigenvalue weighted by Crippen LogP contribution is 2.31. The molecule has 0 aliphatic rings. The van der Waals surface area contributed by atoms with Gasteiger partial charge in [0.2, 0.25) is 0 Å². The SMILES string of the molecule is CCOc1ccc(OC(C)C(=O)NNC(=O)c2sc3ccc(F)cc3c2C)cc1. The Morgan fingerprint density at radius 1 is 1.10 bits per heavy atom. The van der Waals surface area contributed by atoms with Crippen molar-refractivity contribution in [2.45, 2.75) is 26.9 Å². The van der Waals surface area contributed by atoms with Gasteiger partial charge >= 0.3 is 0 Å². The van der Waals surface area contributed by atoms with E-state index < -0.39 is 17.9 Å². The van der Waals surface area contributed by atoms with Crippen LogP contribution in [0.2, 0.25) is 0 Å². The Kier molecular flexibility index (Phi) is 6.33. The second-order valence-corrected chi connectivity index (χ2v) is 7.36. The normalized spacial score (nSPS) is 11.7. The first-order chi connectivity index (χ1) is 13.9. The van der Waals surface area contributed by atoms with Crippen LogP contribution in [0.1, 0.15) is 29.1 Å². The van der Waals surface area contributed by atoms with Gasteiger partial charge in [-0.3, -0.25) is 20.4 Å². The molecule has 1 atom stereocenters. The molecule has 3 rings (SSSR count). The maximum Gasteiger partial charge on any atom is 0.280 e. The molecular formula is C21H21FN2O4S. The zero-order chi connectivity index (χ0) is 21.0.